The van der Waals surface area contributed by atoms with Crippen LogP contribution < -0.4 is 4.74 Å². The van der Waals surface area contributed by atoms with Gasteiger partial charge in [-0.2, -0.15) is 0 Å². The van der Waals surface area contributed by atoms with Crippen LogP contribution in [0.2, 0.25) is 0 Å². The molecule has 1 aromatic carbocycles. The van der Waals surface area contributed by atoms with Gasteiger partial charge in [-0.15, -0.1) is 0 Å². The maximum atomic E-state index is 13.6. The van der Waals surface area contributed by atoms with Crippen LogP contribution in [-0.4, -0.2) is 104 Å². The van der Waals surface area contributed by atoms with Crippen molar-refractivity contribution < 1.29 is 14.3 Å². The van der Waals surface area contributed by atoms with Crippen molar-refractivity contribution in [2.24, 2.45) is 0 Å². The van der Waals surface area contributed by atoms with Crippen LogP contribution in [0.3, 0.4) is 0 Å². The minimum absolute atomic E-state index is 0.267. The molecule has 4 rings (SSSR count). The lowest BCUT2D eigenvalue weighted by Gasteiger charge is -2.29. The van der Waals surface area contributed by atoms with Crippen LogP contribution in [0.1, 0.15) is 75.3 Å². The molecule has 0 bridgehead atoms. The van der Waals surface area contributed by atoms with Crippen LogP contribution in [0.25, 0.3) is 0 Å². The van der Waals surface area contributed by atoms with Gasteiger partial charge in [-0.1, -0.05) is 25.5 Å². The fourth-order valence-corrected chi connectivity index (χ4v) is 6.14. The topological polar surface area (TPSA) is 56.3 Å². The molecule has 2 amide bonds. The molecule has 3 aliphatic heterocycles. The summed E-state index contributed by atoms with van der Waals surface area (Å²) in [5, 5.41) is 0. The lowest BCUT2D eigenvalue weighted by Crippen LogP contribution is -2.44. The Morgan fingerprint density at radius 1 is 1.11 bits per heavy atom. The molecule has 2 atom stereocenters. The van der Waals surface area contributed by atoms with Gasteiger partial charge >= 0.3 is 0 Å². The Labute approximate surface area is 224 Å². The summed E-state index contributed by atoms with van der Waals surface area (Å²) in [5.74, 6) is 2.00. The van der Waals surface area contributed by atoms with Crippen molar-refractivity contribution in [2.45, 2.75) is 76.7 Å². The number of carbonyl (C=O) groups is 2. The Hall–Kier alpha value is -2.12. The Morgan fingerprint density at radius 2 is 1.92 bits per heavy atom. The van der Waals surface area contributed by atoms with Gasteiger partial charge < -0.3 is 19.4 Å². The molecule has 0 aliphatic carbocycles. The fraction of sp³-hybridized carbons (Fsp3) is 0.733. The first-order valence-corrected chi connectivity index (χ1v) is 14.6. The van der Waals surface area contributed by atoms with E-state index in [-0.39, 0.29) is 5.91 Å². The predicted octanol–water partition coefficient (Wildman–Crippen LogP) is 3.76. The van der Waals surface area contributed by atoms with E-state index in [0.717, 1.165) is 103 Å². The molecule has 1 aromatic rings. The van der Waals surface area contributed by atoms with Gasteiger partial charge in [0.1, 0.15) is 5.75 Å². The Balaban J connectivity index is 1.41. The predicted molar refractivity (Wildman–Crippen MR) is 148 cm³/mol. The Morgan fingerprint density at radius 3 is 2.68 bits per heavy atom. The zero-order valence-electron chi connectivity index (χ0n) is 23.4. The maximum absolute atomic E-state index is 13.6. The van der Waals surface area contributed by atoms with Crippen LogP contribution in [0.4, 0.5) is 0 Å². The first-order valence-electron chi connectivity index (χ1n) is 14.6. The fourth-order valence-electron chi connectivity index (χ4n) is 6.14. The normalized spacial score (nSPS) is 21.6. The molecular formula is C30H48N4O3. The summed E-state index contributed by atoms with van der Waals surface area (Å²) in [7, 11) is 4.21. The standard InChI is InChI=1S/C30H48N4O3/c1-4-5-15-32(16-7-6-14-31(2)3)30(36)23-34-22-26(24-10-11-28-25(20-24)13-19-37-28)21-27(34)12-18-33-17-8-9-29(33)35/h10-11,20,26-27H,4-9,12-19,21-23H2,1-3H3. The molecule has 0 spiro atoms. The molecule has 0 saturated carbocycles. The average Bonchev–Trinajstić information content (AvgIpc) is 3.61. The van der Waals surface area contributed by atoms with Gasteiger partial charge in [-0.3, -0.25) is 14.5 Å². The molecule has 0 radical (unpaired) electrons. The van der Waals surface area contributed by atoms with E-state index in [9.17, 15) is 9.59 Å². The summed E-state index contributed by atoms with van der Waals surface area (Å²) in [6.45, 7) is 8.82. The van der Waals surface area contributed by atoms with Gasteiger partial charge in [-0.05, 0) is 82.3 Å². The van der Waals surface area contributed by atoms with E-state index >= 15 is 0 Å². The van der Waals surface area contributed by atoms with Crippen molar-refractivity contribution in [3.63, 3.8) is 0 Å². The van der Waals surface area contributed by atoms with E-state index in [2.05, 4.69) is 53.9 Å². The van der Waals surface area contributed by atoms with E-state index in [1.54, 1.807) is 0 Å². The molecular weight excluding hydrogens is 464 g/mol. The van der Waals surface area contributed by atoms with Crippen molar-refractivity contribution in [1.82, 2.24) is 19.6 Å². The molecule has 2 fully saturated rings. The van der Waals surface area contributed by atoms with E-state index in [0.29, 0.717) is 30.8 Å². The second kappa shape index (κ2) is 13.6. The number of hydrogen-bond donors (Lipinski definition) is 0. The third-order valence-electron chi connectivity index (χ3n) is 8.37. The number of ether oxygens (including phenoxy) is 1. The lowest BCUT2D eigenvalue weighted by molar-refractivity contribution is -0.133. The number of hydrogen-bond acceptors (Lipinski definition) is 5. The zero-order valence-corrected chi connectivity index (χ0v) is 23.4. The summed E-state index contributed by atoms with van der Waals surface area (Å²) in [5.41, 5.74) is 2.68. The molecule has 3 aliphatic rings. The number of nitrogens with zero attached hydrogens (tertiary/aromatic N) is 4. The summed E-state index contributed by atoms with van der Waals surface area (Å²) in [4.78, 5) is 34.6. The van der Waals surface area contributed by atoms with Crippen LogP contribution >= 0.6 is 0 Å². The SMILES string of the molecule is CCCCN(CCCCN(C)C)C(=O)CN1CC(c2ccc3c(c2)CCO3)CC1CCN1CCCC1=O. The summed E-state index contributed by atoms with van der Waals surface area (Å²) in [6.07, 6.45) is 8.96. The second-order valence-electron chi connectivity index (χ2n) is 11.5. The first-order chi connectivity index (χ1) is 17.9. The van der Waals surface area contributed by atoms with E-state index in [1.807, 2.05) is 4.90 Å². The highest BCUT2D eigenvalue weighted by Crippen LogP contribution is 2.36. The quantitative estimate of drug-likeness (QED) is 0.355. The van der Waals surface area contributed by atoms with Crippen LogP contribution in [0.15, 0.2) is 18.2 Å². The maximum Gasteiger partial charge on any atom is 0.236 e. The highest BCUT2D eigenvalue weighted by atomic mass is 16.5. The van der Waals surface area contributed by atoms with E-state index in [4.69, 9.17) is 4.74 Å². The van der Waals surface area contributed by atoms with Gasteiger partial charge in [0.25, 0.3) is 0 Å². The largest absolute Gasteiger partial charge is 0.493 e. The third-order valence-corrected chi connectivity index (χ3v) is 8.37. The highest BCUT2D eigenvalue weighted by molar-refractivity contribution is 5.78. The second-order valence-corrected chi connectivity index (χ2v) is 11.5. The van der Waals surface area contributed by atoms with Crippen molar-refractivity contribution in [3.8, 4) is 5.75 Å². The number of unbranched alkanes of at least 4 members (excludes halogenated alkanes) is 2. The minimum atomic E-state index is 0.267. The number of benzene rings is 1. The molecule has 2 unspecified atom stereocenters. The molecule has 2 saturated heterocycles. The monoisotopic (exact) mass is 512 g/mol. The number of carbonyl (C=O) groups excluding carboxylic acids is 2. The average molecular weight is 513 g/mol. The Kier molecular flexibility index (Phi) is 10.3. The van der Waals surface area contributed by atoms with Crippen molar-refractivity contribution in [1.29, 1.82) is 0 Å². The first kappa shape index (κ1) is 27.9. The molecule has 37 heavy (non-hydrogen) atoms. The number of rotatable bonds is 14. The van der Waals surface area contributed by atoms with E-state index < -0.39 is 0 Å². The summed E-state index contributed by atoms with van der Waals surface area (Å²) >= 11 is 0. The number of fused-ring (bicyclic) bond motifs is 1. The van der Waals surface area contributed by atoms with Gasteiger partial charge in [0.05, 0.1) is 13.2 Å². The van der Waals surface area contributed by atoms with Gasteiger partial charge in [0.15, 0.2) is 0 Å². The molecule has 0 N–H and O–H groups in total. The van der Waals surface area contributed by atoms with Crippen molar-refractivity contribution in [3.05, 3.63) is 29.3 Å². The molecule has 7 nitrogen and oxygen atoms in total. The van der Waals surface area contributed by atoms with Crippen LogP contribution in [0, 0.1) is 0 Å². The summed E-state index contributed by atoms with van der Waals surface area (Å²) < 4.78 is 5.73. The highest BCUT2D eigenvalue weighted by Gasteiger charge is 2.36. The molecule has 0 aromatic heterocycles. The molecule has 3 heterocycles. The Bertz CT molecular complexity index is 905. The molecule has 7 heteroatoms. The smallest absolute Gasteiger partial charge is 0.236 e. The molecule has 206 valence electrons. The lowest BCUT2D eigenvalue weighted by atomic mass is 9.93. The number of amides is 2. The third kappa shape index (κ3) is 7.70. The van der Waals surface area contributed by atoms with Crippen molar-refractivity contribution >= 4 is 11.8 Å². The van der Waals surface area contributed by atoms with E-state index in [1.165, 1.54) is 11.1 Å². The van der Waals surface area contributed by atoms with Gasteiger partial charge in [0, 0.05) is 51.6 Å². The minimum Gasteiger partial charge on any atom is -0.493 e. The van der Waals surface area contributed by atoms with Crippen LogP contribution in [0.5, 0.6) is 5.75 Å². The van der Waals surface area contributed by atoms with Crippen LogP contribution in [-0.2, 0) is 16.0 Å². The van der Waals surface area contributed by atoms with Gasteiger partial charge in [0.2, 0.25) is 11.8 Å². The van der Waals surface area contributed by atoms with Gasteiger partial charge in [-0.25, -0.2) is 0 Å². The van der Waals surface area contributed by atoms with Crippen molar-refractivity contribution in [2.75, 3.05) is 66.5 Å². The number of likely N-dealkylation sites (tertiary alicyclic amines) is 2. The summed E-state index contributed by atoms with van der Waals surface area (Å²) in [6, 6.07) is 7.01. The zero-order chi connectivity index (χ0) is 26.2.